The molecule has 0 radical (unpaired) electrons. The summed E-state index contributed by atoms with van der Waals surface area (Å²) in [6, 6.07) is -0.132. The summed E-state index contributed by atoms with van der Waals surface area (Å²) in [5.41, 5.74) is 10.9. The first-order valence-electron chi connectivity index (χ1n) is 3.90. The molecule has 0 bridgehead atoms. The van der Waals surface area contributed by atoms with E-state index < -0.39 is 0 Å². The summed E-state index contributed by atoms with van der Waals surface area (Å²) in [5.74, 6) is 0.435. The van der Waals surface area contributed by atoms with Crippen molar-refractivity contribution in [3.63, 3.8) is 0 Å². The van der Waals surface area contributed by atoms with E-state index in [0.29, 0.717) is 18.9 Å². The summed E-state index contributed by atoms with van der Waals surface area (Å²) >= 11 is 0. The largest absolute Gasteiger partial charge is 0.368 e. The van der Waals surface area contributed by atoms with Crippen molar-refractivity contribution in [2.24, 2.45) is 5.73 Å². The summed E-state index contributed by atoms with van der Waals surface area (Å²) in [6.07, 6.45) is 0.342. The van der Waals surface area contributed by atoms with Crippen LogP contribution in [-0.4, -0.2) is 33.7 Å². The highest BCUT2D eigenvalue weighted by Gasteiger charge is 2.30. The van der Waals surface area contributed by atoms with Crippen molar-refractivity contribution in [2.75, 3.05) is 17.2 Å². The number of amides is 1. The van der Waals surface area contributed by atoms with Gasteiger partial charge < -0.3 is 11.5 Å². The second kappa shape index (κ2) is 2.70. The van der Waals surface area contributed by atoms with Crippen molar-refractivity contribution < 1.29 is 4.79 Å². The Hall–Kier alpha value is -1.63. The number of nitrogens with two attached hydrogens (primary N) is 2. The topological polar surface area (TPSA) is 114 Å². The first-order valence-corrected chi connectivity index (χ1v) is 3.90. The van der Waals surface area contributed by atoms with Crippen molar-refractivity contribution in [1.29, 1.82) is 0 Å². The number of nitrogens with zero attached hydrogens (tertiary/aromatic N) is 3. The van der Waals surface area contributed by atoms with Crippen LogP contribution in [0.4, 0.5) is 11.9 Å². The number of nitrogen functional groups attached to an aromatic ring is 1. The zero-order chi connectivity index (χ0) is 9.42. The van der Waals surface area contributed by atoms with Crippen LogP contribution in [0, 0.1) is 0 Å². The molecule has 0 aliphatic carbocycles. The molecule has 7 heteroatoms. The molecule has 2 heterocycles. The Balaban J connectivity index is 2.22. The van der Waals surface area contributed by atoms with Crippen molar-refractivity contribution >= 4 is 17.8 Å². The minimum Gasteiger partial charge on any atom is -0.368 e. The smallest absolute Gasteiger partial charge is 0.253 e. The zero-order valence-corrected chi connectivity index (χ0v) is 6.90. The molecule has 0 saturated carbocycles. The maximum atomic E-state index is 11.3. The molecule has 1 aromatic heterocycles. The third-order valence-electron chi connectivity index (χ3n) is 1.89. The maximum absolute atomic E-state index is 11.3. The van der Waals surface area contributed by atoms with Crippen molar-refractivity contribution in [3.05, 3.63) is 0 Å². The van der Waals surface area contributed by atoms with Gasteiger partial charge in [0.2, 0.25) is 11.9 Å². The van der Waals surface area contributed by atoms with Gasteiger partial charge >= 0.3 is 0 Å². The van der Waals surface area contributed by atoms with Crippen molar-refractivity contribution in [3.8, 4) is 0 Å². The van der Waals surface area contributed by atoms with Gasteiger partial charge in [-0.05, 0) is 0 Å². The lowest BCUT2D eigenvalue weighted by Gasteiger charge is -2.09. The summed E-state index contributed by atoms with van der Waals surface area (Å²) in [7, 11) is 0. The fourth-order valence-electron chi connectivity index (χ4n) is 1.31. The van der Waals surface area contributed by atoms with E-state index in [1.54, 1.807) is 0 Å². The van der Waals surface area contributed by atoms with E-state index in [1.165, 1.54) is 4.90 Å². The Morgan fingerprint density at radius 1 is 1.62 bits per heavy atom. The molecule has 1 saturated heterocycles. The second-order valence-corrected chi connectivity index (χ2v) is 2.99. The van der Waals surface area contributed by atoms with Crippen LogP contribution >= 0.6 is 0 Å². The highest BCUT2D eigenvalue weighted by molar-refractivity contribution is 5.94. The molecular weight excluding hydrogens is 172 g/mol. The first-order chi connectivity index (χ1) is 6.16. The highest BCUT2D eigenvalue weighted by atomic mass is 16.2. The van der Waals surface area contributed by atoms with Gasteiger partial charge in [-0.25, -0.2) is 5.10 Å². The van der Waals surface area contributed by atoms with Gasteiger partial charge in [0.25, 0.3) is 5.95 Å². The fraction of sp³-hybridized carbons (Fsp3) is 0.500. The third kappa shape index (κ3) is 1.33. The van der Waals surface area contributed by atoms with E-state index in [1.807, 2.05) is 0 Å². The molecule has 1 amide bonds. The van der Waals surface area contributed by atoms with E-state index in [0.717, 1.165) is 0 Å². The lowest BCUT2D eigenvalue weighted by atomic mass is 10.3. The molecule has 70 valence electrons. The third-order valence-corrected chi connectivity index (χ3v) is 1.89. The molecule has 1 aliphatic heterocycles. The van der Waals surface area contributed by atoms with Gasteiger partial charge in [-0.2, -0.15) is 4.98 Å². The molecule has 1 aromatic rings. The zero-order valence-electron chi connectivity index (χ0n) is 6.90. The van der Waals surface area contributed by atoms with Gasteiger partial charge in [-0.15, -0.1) is 5.10 Å². The molecule has 7 nitrogen and oxygen atoms in total. The van der Waals surface area contributed by atoms with Gasteiger partial charge in [0.1, 0.15) is 0 Å². The number of hydrogen-bond donors (Lipinski definition) is 3. The SMILES string of the molecule is Nc1nc(N2CC(N)CC2=O)n[nH]1. The van der Waals surface area contributed by atoms with Crippen LogP contribution in [0.3, 0.4) is 0 Å². The average Bonchev–Trinajstić information content (AvgIpc) is 2.58. The summed E-state index contributed by atoms with van der Waals surface area (Å²) < 4.78 is 0. The fourth-order valence-corrected chi connectivity index (χ4v) is 1.31. The number of H-pyrrole nitrogens is 1. The normalized spacial score (nSPS) is 22.7. The molecule has 13 heavy (non-hydrogen) atoms. The van der Waals surface area contributed by atoms with E-state index in [9.17, 15) is 4.79 Å². The Morgan fingerprint density at radius 3 is 2.85 bits per heavy atom. The van der Waals surface area contributed by atoms with Gasteiger partial charge in [0, 0.05) is 19.0 Å². The number of carbonyl (C=O) groups excluding carboxylic acids is 1. The number of aromatic nitrogens is 3. The van der Waals surface area contributed by atoms with E-state index in [-0.39, 0.29) is 17.9 Å². The molecule has 0 aromatic carbocycles. The van der Waals surface area contributed by atoms with Gasteiger partial charge in [-0.1, -0.05) is 0 Å². The molecule has 1 fully saturated rings. The van der Waals surface area contributed by atoms with Gasteiger partial charge in [-0.3, -0.25) is 9.69 Å². The molecule has 0 spiro atoms. The minimum atomic E-state index is -0.132. The molecule has 2 rings (SSSR count). The predicted octanol–water partition coefficient (Wildman–Crippen LogP) is -1.55. The van der Waals surface area contributed by atoms with Crippen LogP contribution in [0.25, 0.3) is 0 Å². The Labute approximate surface area is 74.1 Å². The van der Waals surface area contributed by atoms with Crippen LogP contribution in [0.15, 0.2) is 0 Å². The first kappa shape index (κ1) is 7.99. The van der Waals surface area contributed by atoms with Crippen LogP contribution in [0.2, 0.25) is 0 Å². The number of rotatable bonds is 1. The lowest BCUT2D eigenvalue weighted by molar-refractivity contribution is -0.117. The van der Waals surface area contributed by atoms with Crippen LogP contribution < -0.4 is 16.4 Å². The van der Waals surface area contributed by atoms with Crippen molar-refractivity contribution in [1.82, 2.24) is 15.2 Å². The van der Waals surface area contributed by atoms with Crippen LogP contribution in [-0.2, 0) is 4.79 Å². The second-order valence-electron chi connectivity index (χ2n) is 2.99. The average molecular weight is 182 g/mol. The molecule has 1 atom stereocenters. The Kier molecular flexibility index (Phi) is 1.66. The summed E-state index contributed by atoms with van der Waals surface area (Å²) in [5, 5.41) is 6.23. The Bertz CT molecular complexity index is 334. The van der Waals surface area contributed by atoms with Crippen molar-refractivity contribution in [2.45, 2.75) is 12.5 Å². The van der Waals surface area contributed by atoms with E-state index >= 15 is 0 Å². The lowest BCUT2D eigenvalue weighted by Crippen LogP contribution is -2.28. The predicted molar refractivity (Wildman–Crippen MR) is 45.7 cm³/mol. The number of carbonyl (C=O) groups is 1. The number of hydrogen-bond acceptors (Lipinski definition) is 5. The number of aromatic amines is 1. The summed E-state index contributed by atoms with van der Waals surface area (Å²) in [6.45, 7) is 0.454. The number of nitrogens with one attached hydrogen (secondary N) is 1. The number of anilines is 2. The Morgan fingerprint density at radius 2 is 2.38 bits per heavy atom. The van der Waals surface area contributed by atoms with Crippen LogP contribution in [0.1, 0.15) is 6.42 Å². The van der Waals surface area contributed by atoms with E-state index in [4.69, 9.17) is 11.5 Å². The molecule has 1 unspecified atom stereocenters. The summed E-state index contributed by atoms with van der Waals surface area (Å²) in [4.78, 5) is 16.6. The molecular formula is C6H10N6O. The maximum Gasteiger partial charge on any atom is 0.253 e. The van der Waals surface area contributed by atoms with Gasteiger partial charge in [0.15, 0.2) is 0 Å². The van der Waals surface area contributed by atoms with E-state index in [2.05, 4.69) is 15.2 Å². The molecule has 5 N–H and O–H groups in total. The quantitative estimate of drug-likeness (QED) is 0.486. The standard InChI is InChI=1S/C6H10N6O/c7-3-1-4(13)12(2-3)6-9-5(8)10-11-6/h3H,1-2,7H2,(H3,8,9,10,11). The highest BCUT2D eigenvalue weighted by Crippen LogP contribution is 2.16. The molecule has 1 aliphatic rings. The van der Waals surface area contributed by atoms with Gasteiger partial charge in [0.05, 0.1) is 0 Å². The van der Waals surface area contributed by atoms with Crippen LogP contribution in [0.5, 0.6) is 0 Å². The minimum absolute atomic E-state index is 0.0634. The monoisotopic (exact) mass is 182 g/mol.